The van der Waals surface area contributed by atoms with Crippen LogP contribution in [-0.4, -0.2) is 47.9 Å². The lowest BCUT2D eigenvalue weighted by molar-refractivity contribution is -0.129. The summed E-state index contributed by atoms with van der Waals surface area (Å²) in [6.07, 6.45) is 9.42. The van der Waals surface area contributed by atoms with Crippen molar-refractivity contribution in [1.82, 2.24) is 15.2 Å². The second-order valence-corrected chi connectivity index (χ2v) is 5.34. The summed E-state index contributed by atoms with van der Waals surface area (Å²) >= 11 is 0. The summed E-state index contributed by atoms with van der Waals surface area (Å²) in [5, 5.41) is 2.55. The zero-order valence-corrected chi connectivity index (χ0v) is 12.8. The highest BCUT2D eigenvalue weighted by atomic mass is 16.2. The fraction of sp³-hybridized carbons (Fsp3) is 0.438. The van der Waals surface area contributed by atoms with Crippen LogP contribution in [0.25, 0.3) is 6.08 Å². The molecule has 0 spiro atoms. The predicted octanol–water partition coefficient (Wildman–Crippen LogP) is 0.794. The van der Waals surface area contributed by atoms with Gasteiger partial charge in [0.15, 0.2) is 0 Å². The first kappa shape index (κ1) is 16.2. The van der Waals surface area contributed by atoms with Crippen molar-refractivity contribution in [3.63, 3.8) is 0 Å². The number of piperidine rings is 1. The SMILES string of the molecule is CNC(=O)c1cncc(/C=C/C(=O)N2CCCCC2CN)c1. The number of rotatable bonds is 4. The summed E-state index contributed by atoms with van der Waals surface area (Å²) < 4.78 is 0. The molecule has 1 atom stereocenters. The largest absolute Gasteiger partial charge is 0.355 e. The molecule has 1 aliphatic rings. The van der Waals surface area contributed by atoms with Crippen LogP contribution < -0.4 is 11.1 Å². The van der Waals surface area contributed by atoms with Gasteiger partial charge in [-0.3, -0.25) is 14.6 Å². The van der Waals surface area contributed by atoms with Crippen LogP contribution in [0.1, 0.15) is 35.2 Å². The van der Waals surface area contributed by atoms with Crippen molar-refractivity contribution in [3.8, 4) is 0 Å². The number of hydrogen-bond acceptors (Lipinski definition) is 4. The van der Waals surface area contributed by atoms with Crippen molar-refractivity contribution in [1.29, 1.82) is 0 Å². The van der Waals surface area contributed by atoms with Gasteiger partial charge >= 0.3 is 0 Å². The Balaban J connectivity index is 2.07. The minimum atomic E-state index is -0.201. The second kappa shape index (κ2) is 7.70. The van der Waals surface area contributed by atoms with E-state index in [0.29, 0.717) is 12.1 Å². The summed E-state index contributed by atoms with van der Waals surface area (Å²) in [7, 11) is 1.57. The first-order valence-electron chi connectivity index (χ1n) is 7.51. The highest BCUT2D eigenvalue weighted by Crippen LogP contribution is 2.17. The number of nitrogens with one attached hydrogen (secondary N) is 1. The monoisotopic (exact) mass is 302 g/mol. The molecule has 3 N–H and O–H groups in total. The van der Waals surface area contributed by atoms with Gasteiger partial charge in [-0.1, -0.05) is 0 Å². The fourth-order valence-corrected chi connectivity index (χ4v) is 2.62. The maximum Gasteiger partial charge on any atom is 0.252 e. The molecule has 0 bridgehead atoms. The molecule has 2 heterocycles. The van der Waals surface area contributed by atoms with E-state index < -0.39 is 0 Å². The lowest BCUT2D eigenvalue weighted by Crippen LogP contribution is -2.46. The molecule has 1 aromatic heterocycles. The molecule has 2 rings (SSSR count). The molecule has 1 saturated heterocycles. The highest BCUT2D eigenvalue weighted by molar-refractivity contribution is 5.95. The van der Waals surface area contributed by atoms with Crippen LogP contribution in [0.5, 0.6) is 0 Å². The van der Waals surface area contributed by atoms with E-state index in [1.54, 1.807) is 25.4 Å². The quantitative estimate of drug-likeness (QED) is 0.805. The molecule has 0 saturated carbocycles. The molecular formula is C16H22N4O2. The van der Waals surface area contributed by atoms with Crippen LogP contribution in [0.15, 0.2) is 24.5 Å². The van der Waals surface area contributed by atoms with Gasteiger partial charge in [0.2, 0.25) is 5.91 Å². The summed E-state index contributed by atoms with van der Waals surface area (Å²) in [5.41, 5.74) is 6.92. The van der Waals surface area contributed by atoms with Crippen LogP contribution in [0, 0.1) is 0 Å². The van der Waals surface area contributed by atoms with Gasteiger partial charge in [0.05, 0.1) is 5.56 Å². The van der Waals surface area contributed by atoms with Gasteiger partial charge in [-0.05, 0) is 37.0 Å². The first-order chi connectivity index (χ1) is 10.7. The topological polar surface area (TPSA) is 88.3 Å². The Morgan fingerprint density at radius 1 is 1.45 bits per heavy atom. The molecule has 1 aromatic rings. The van der Waals surface area contributed by atoms with E-state index in [2.05, 4.69) is 10.3 Å². The van der Waals surface area contributed by atoms with E-state index in [0.717, 1.165) is 31.4 Å². The normalized spacial score (nSPS) is 18.5. The lowest BCUT2D eigenvalue weighted by Gasteiger charge is -2.34. The lowest BCUT2D eigenvalue weighted by atomic mass is 10.0. The number of amides is 2. The fourth-order valence-electron chi connectivity index (χ4n) is 2.62. The van der Waals surface area contributed by atoms with Crippen LogP contribution >= 0.6 is 0 Å². The van der Waals surface area contributed by atoms with Crippen LogP contribution in [0.2, 0.25) is 0 Å². The average Bonchev–Trinajstić information content (AvgIpc) is 2.59. The van der Waals surface area contributed by atoms with Crippen LogP contribution in [-0.2, 0) is 4.79 Å². The standard InChI is InChI=1S/C16H22N4O2/c1-18-16(22)13-8-12(10-19-11-13)5-6-15(21)20-7-3-2-4-14(20)9-17/h5-6,8,10-11,14H,2-4,7,9,17H2,1H3,(H,18,22)/b6-5+. The minimum absolute atomic E-state index is 0.0412. The summed E-state index contributed by atoms with van der Waals surface area (Å²) in [4.78, 5) is 29.7. The van der Waals surface area contributed by atoms with Crippen molar-refractivity contribution in [2.24, 2.45) is 5.73 Å². The molecule has 118 valence electrons. The smallest absolute Gasteiger partial charge is 0.252 e. The molecular weight excluding hydrogens is 280 g/mol. The van der Waals surface area contributed by atoms with E-state index in [-0.39, 0.29) is 17.9 Å². The highest BCUT2D eigenvalue weighted by Gasteiger charge is 2.23. The maximum atomic E-state index is 12.3. The second-order valence-electron chi connectivity index (χ2n) is 5.34. The zero-order valence-electron chi connectivity index (χ0n) is 12.8. The summed E-state index contributed by atoms with van der Waals surface area (Å²) in [6, 6.07) is 1.83. The number of hydrogen-bond donors (Lipinski definition) is 2. The Morgan fingerprint density at radius 2 is 2.27 bits per heavy atom. The van der Waals surface area contributed by atoms with Gasteiger partial charge in [-0.2, -0.15) is 0 Å². The number of pyridine rings is 1. The molecule has 1 aliphatic heterocycles. The molecule has 6 heteroatoms. The number of nitrogens with two attached hydrogens (primary N) is 1. The molecule has 2 amide bonds. The van der Waals surface area contributed by atoms with E-state index >= 15 is 0 Å². The molecule has 1 fully saturated rings. The molecule has 0 aromatic carbocycles. The Kier molecular flexibility index (Phi) is 5.66. The third-order valence-corrected chi connectivity index (χ3v) is 3.85. The van der Waals surface area contributed by atoms with Crippen LogP contribution in [0.3, 0.4) is 0 Å². The Bertz CT molecular complexity index is 571. The van der Waals surface area contributed by atoms with E-state index in [1.165, 1.54) is 12.3 Å². The van der Waals surface area contributed by atoms with Gasteiger partial charge in [-0.15, -0.1) is 0 Å². The molecule has 0 aliphatic carbocycles. The molecule has 6 nitrogen and oxygen atoms in total. The van der Waals surface area contributed by atoms with Gasteiger partial charge in [0.25, 0.3) is 5.91 Å². The summed E-state index contributed by atoms with van der Waals surface area (Å²) in [6.45, 7) is 1.24. The number of nitrogens with zero attached hydrogens (tertiary/aromatic N) is 2. The molecule has 1 unspecified atom stereocenters. The Morgan fingerprint density at radius 3 is 3.00 bits per heavy atom. The number of carbonyl (C=O) groups is 2. The maximum absolute atomic E-state index is 12.3. The van der Waals surface area contributed by atoms with Gasteiger partial charge < -0.3 is 16.0 Å². The third kappa shape index (κ3) is 3.92. The molecule has 22 heavy (non-hydrogen) atoms. The van der Waals surface area contributed by atoms with E-state index in [1.807, 2.05) is 4.90 Å². The average molecular weight is 302 g/mol. The van der Waals surface area contributed by atoms with E-state index in [9.17, 15) is 9.59 Å². The third-order valence-electron chi connectivity index (χ3n) is 3.85. The minimum Gasteiger partial charge on any atom is -0.355 e. The number of carbonyl (C=O) groups excluding carboxylic acids is 2. The van der Waals surface area contributed by atoms with Crippen molar-refractivity contribution in [2.75, 3.05) is 20.1 Å². The zero-order chi connectivity index (χ0) is 15.9. The Hall–Kier alpha value is -2.21. The number of likely N-dealkylation sites (tertiary alicyclic amines) is 1. The van der Waals surface area contributed by atoms with Gasteiger partial charge in [0.1, 0.15) is 0 Å². The van der Waals surface area contributed by atoms with Crippen LogP contribution in [0.4, 0.5) is 0 Å². The van der Waals surface area contributed by atoms with Gasteiger partial charge in [0, 0.05) is 44.6 Å². The van der Waals surface area contributed by atoms with Crippen molar-refractivity contribution in [2.45, 2.75) is 25.3 Å². The van der Waals surface area contributed by atoms with E-state index in [4.69, 9.17) is 5.73 Å². The van der Waals surface area contributed by atoms with Crippen molar-refractivity contribution >= 4 is 17.9 Å². The van der Waals surface area contributed by atoms with Crippen molar-refractivity contribution < 1.29 is 9.59 Å². The first-order valence-corrected chi connectivity index (χ1v) is 7.51. The predicted molar refractivity (Wildman–Crippen MR) is 85.1 cm³/mol. The Labute approximate surface area is 130 Å². The summed E-state index contributed by atoms with van der Waals surface area (Å²) in [5.74, 6) is -0.242. The molecule has 0 radical (unpaired) electrons. The number of aromatic nitrogens is 1. The van der Waals surface area contributed by atoms with Crippen molar-refractivity contribution in [3.05, 3.63) is 35.7 Å². The van der Waals surface area contributed by atoms with Gasteiger partial charge in [-0.25, -0.2) is 0 Å².